The predicted molar refractivity (Wildman–Crippen MR) is 131 cm³/mol. The van der Waals surface area contributed by atoms with Crippen LogP contribution in [0.5, 0.6) is 11.5 Å². The van der Waals surface area contributed by atoms with Crippen molar-refractivity contribution in [3.05, 3.63) is 64.2 Å². The van der Waals surface area contributed by atoms with Crippen molar-refractivity contribution in [3.63, 3.8) is 0 Å². The summed E-state index contributed by atoms with van der Waals surface area (Å²) in [6.07, 6.45) is 5.45. The number of hydrogen-bond donors (Lipinski definition) is 1. The number of rotatable bonds is 10. The summed E-state index contributed by atoms with van der Waals surface area (Å²) in [5.41, 5.74) is 7.72. The van der Waals surface area contributed by atoms with Gasteiger partial charge in [-0.2, -0.15) is 0 Å². The Morgan fingerprint density at radius 3 is 2.70 bits per heavy atom. The summed E-state index contributed by atoms with van der Waals surface area (Å²) in [4.78, 5) is 13.3. The summed E-state index contributed by atoms with van der Waals surface area (Å²) in [6.45, 7) is 7.08. The predicted octanol–water partition coefficient (Wildman–Crippen LogP) is 5.35. The first-order valence-electron chi connectivity index (χ1n) is 12.0. The van der Waals surface area contributed by atoms with E-state index in [0.717, 1.165) is 42.9 Å². The van der Waals surface area contributed by atoms with E-state index in [0.29, 0.717) is 19.7 Å². The van der Waals surface area contributed by atoms with E-state index >= 15 is 0 Å². The second-order valence-corrected chi connectivity index (χ2v) is 9.32. The van der Waals surface area contributed by atoms with Gasteiger partial charge in [0.15, 0.2) is 0 Å². The molecule has 0 amide bonds. The lowest BCUT2D eigenvalue weighted by Crippen LogP contribution is -2.50. The minimum Gasteiger partial charge on any atom is -0.496 e. The second kappa shape index (κ2) is 10.4. The molecule has 2 aromatic carbocycles. The van der Waals surface area contributed by atoms with Crippen LogP contribution in [0.2, 0.25) is 0 Å². The third kappa shape index (κ3) is 5.41. The Kier molecular flexibility index (Phi) is 7.39. The van der Waals surface area contributed by atoms with Crippen molar-refractivity contribution in [3.8, 4) is 11.5 Å². The van der Waals surface area contributed by atoms with Gasteiger partial charge in [-0.3, -0.25) is 9.69 Å². The van der Waals surface area contributed by atoms with Crippen LogP contribution >= 0.6 is 0 Å². The fraction of sp³-hybridized carbons (Fsp3) is 0.464. The van der Waals surface area contributed by atoms with Crippen molar-refractivity contribution < 1.29 is 19.4 Å². The maximum atomic E-state index is 11.1. The molecule has 0 saturated carbocycles. The first kappa shape index (κ1) is 23.4. The number of benzene rings is 2. The van der Waals surface area contributed by atoms with Crippen LogP contribution in [-0.4, -0.2) is 42.7 Å². The molecular formula is C28H35NO4. The maximum absolute atomic E-state index is 11.1. The number of carboxylic acids is 1. The van der Waals surface area contributed by atoms with Crippen LogP contribution in [0.15, 0.2) is 42.0 Å². The van der Waals surface area contributed by atoms with Crippen LogP contribution in [-0.2, 0) is 24.2 Å². The minimum atomic E-state index is -0.677. The number of ether oxygens (including phenoxy) is 2. The molecular weight excluding hydrogens is 414 g/mol. The Morgan fingerprint density at radius 2 is 1.97 bits per heavy atom. The van der Waals surface area contributed by atoms with Gasteiger partial charge in [0.1, 0.15) is 18.1 Å². The van der Waals surface area contributed by atoms with Gasteiger partial charge in [0.2, 0.25) is 0 Å². The molecule has 1 heterocycles. The highest BCUT2D eigenvalue weighted by Crippen LogP contribution is 2.35. The van der Waals surface area contributed by atoms with Gasteiger partial charge in [-0.25, -0.2) is 0 Å². The molecule has 5 heteroatoms. The third-order valence-corrected chi connectivity index (χ3v) is 6.99. The van der Waals surface area contributed by atoms with E-state index in [4.69, 9.17) is 14.6 Å². The lowest BCUT2D eigenvalue weighted by Gasteiger charge is -2.38. The van der Waals surface area contributed by atoms with Crippen molar-refractivity contribution in [1.82, 2.24) is 4.90 Å². The van der Waals surface area contributed by atoms with Crippen LogP contribution in [0.4, 0.5) is 0 Å². The fourth-order valence-corrected chi connectivity index (χ4v) is 4.82. The summed E-state index contributed by atoms with van der Waals surface area (Å²) < 4.78 is 11.8. The molecule has 176 valence electrons. The Bertz CT molecular complexity index is 1040. The number of likely N-dealkylation sites (tertiary alicyclic amines) is 1. The van der Waals surface area contributed by atoms with E-state index < -0.39 is 5.97 Å². The number of fused-ring (bicyclic) bond motifs is 1. The molecule has 33 heavy (non-hydrogen) atoms. The normalized spacial score (nSPS) is 16.3. The number of aryl methyl sites for hydroxylation is 2. The fourth-order valence-electron chi connectivity index (χ4n) is 4.82. The average Bonchev–Trinajstić information content (AvgIpc) is 2.79. The van der Waals surface area contributed by atoms with Crippen molar-refractivity contribution in [2.75, 3.05) is 26.7 Å². The van der Waals surface area contributed by atoms with Gasteiger partial charge >= 0.3 is 5.97 Å². The number of unbranched alkanes of at least 4 members (excludes halogenated alkanes) is 1. The highest BCUT2D eigenvalue weighted by molar-refractivity contribution is 5.73. The maximum Gasteiger partial charge on any atom is 0.309 e. The molecule has 2 aliphatic rings. The summed E-state index contributed by atoms with van der Waals surface area (Å²) >= 11 is 0. The molecule has 0 radical (unpaired) electrons. The smallest absolute Gasteiger partial charge is 0.309 e. The molecule has 0 bridgehead atoms. The Hall–Kier alpha value is -2.79. The molecule has 4 rings (SSSR count). The summed E-state index contributed by atoms with van der Waals surface area (Å²) in [7, 11) is 1.72. The molecule has 1 fully saturated rings. The van der Waals surface area contributed by atoms with Crippen LogP contribution in [0.3, 0.4) is 0 Å². The molecule has 2 aromatic rings. The Morgan fingerprint density at radius 1 is 1.15 bits per heavy atom. The zero-order chi connectivity index (χ0) is 23.4. The van der Waals surface area contributed by atoms with Gasteiger partial charge < -0.3 is 14.6 Å². The number of methoxy groups -OCH3 is 1. The number of nitrogens with zero attached hydrogens (tertiary/aromatic N) is 1. The number of carbonyl (C=O) groups is 1. The topological polar surface area (TPSA) is 59.0 Å². The molecule has 1 saturated heterocycles. The van der Waals surface area contributed by atoms with Gasteiger partial charge in [0.05, 0.1) is 13.0 Å². The number of aliphatic carboxylic acids is 1. The van der Waals surface area contributed by atoms with Crippen molar-refractivity contribution in [1.29, 1.82) is 0 Å². The summed E-state index contributed by atoms with van der Waals surface area (Å²) in [5.74, 6) is 0.895. The van der Waals surface area contributed by atoms with Crippen LogP contribution in [0, 0.1) is 5.92 Å². The van der Waals surface area contributed by atoms with Crippen LogP contribution < -0.4 is 9.47 Å². The number of hydrogen-bond acceptors (Lipinski definition) is 4. The van der Waals surface area contributed by atoms with E-state index in [-0.39, 0.29) is 5.92 Å². The average molecular weight is 450 g/mol. The highest BCUT2D eigenvalue weighted by Gasteiger charge is 2.33. The quantitative estimate of drug-likeness (QED) is 0.530. The molecule has 0 aromatic heterocycles. The molecule has 5 nitrogen and oxygen atoms in total. The van der Waals surface area contributed by atoms with Crippen molar-refractivity contribution in [2.24, 2.45) is 5.92 Å². The van der Waals surface area contributed by atoms with E-state index in [1.165, 1.54) is 40.7 Å². The molecule has 0 unspecified atom stereocenters. The summed E-state index contributed by atoms with van der Waals surface area (Å²) in [5, 5.41) is 9.10. The van der Waals surface area contributed by atoms with Crippen molar-refractivity contribution >= 4 is 11.5 Å². The lowest BCUT2D eigenvalue weighted by atomic mass is 9.85. The summed E-state index contributed by atoms with van der Waals surface area (Å²) in [6, 6.07) is 12.8. The van der Waals surface area contributed by atoms with Gasteiger partial charge in [-0.05, 0) is 73.1 Å². The van der Waals surface area contributed by atoms with Gasteiger partial charge in [0.25, 0.3) is 0 Å². The third-order valence-electron chi connectivity index (χ3n) is 6.99. The van der Waals surface area contributed by atoms with Gasteiger partial charge in [-0.15, -0.1) is 0 Å². The standard InChI is InChI=1S/C28H35NO4/c1-4-5-6-20-7-8-23(27(13-20)32-3)18-33-25-11-12-26-19(2)22(10-9-21(26)14-25)15-29-16-24(17-29)28(30)31/h7-8,11-14,24H,4-6,9-10,15-18H2,1-3H3,(H,30,31). The minimum absolute atomic E-state index is 0.201. The lowest BCUT2D eigenvalue weighted by molar-refractivity contribution is -0.147. The van der Waals surface area contributed by atoms with Gasteiger partial charge in [0, 0.05) is 25.2 Å². The number of carboxylic acid groups (broad SMARTS) is 1. The van der Waals surface area contributed by atoms with E-state index in [9.17, 15) is 4.79 Å². The molecule has 0 spiro atoms. The first-order valence-corrected chi connectivity index (χ1v) is 12.0. The Labute approximate surface area is 197 Å². The monoisotopic (exact) mass is 449 g/mol. The van der Waals surface area contributed by atoms with E-state index in [2.05, 4.69) is 55.1 Å². The van der Waals surface area contributed by atoms with Gasteiger partial charge in [-0.1, -0.05) is 37.1 Å². The van der Waals surface area contributed by atoms with E-state index in [1.807, 2.05) is 0 Å². The highest BCUT2D eigenvalue weighted by atomic mass is 16.5. The SMILES string of the molecule is CCCCc1ccc(COc2ccc3c(c2)CCC(CN2CC(C(=O)O)C2)=C3C)c(OC)c1. The van der Waals surface area contributed by atoms with Crippen LogP contribution in [0.1, 0.15) is 55.4 Å². The van der Waals surface area contributed by atoms with Crippen LogP contribution in [0.25, 0.3) is 5.57 Å². The molecule has 1 aliphatic carbocycles. The second-order valence-electron chi connectivity index (χ2n) is 9.32. The number of allylic oxidation sites excluding steroid dienone is 1. The Balaban J connectivity index is 1.39. The van der Waals surface area contributed by atoms with Crippen molar-refractivity contribution in [2.45, 2.75) is 52.6 Å². The zero-order valence-corrected chi connectivity index (χ0v) is 20.0. The molecule has 0 atom stereocenters. The first-order chi connectivity index (χ1) is 16.0. The molecule has 1 N–H and O–H groups in total. The largest absolute Gasteiger partial charge is 0.496 e. The molecule has 1 aliphatic heterocycles. The zero-order valence-electron chi connectivity index (χ0n) is 20.0. The van der Waals surface area contributed by atoms with E-state index in [1.54, 1.807) is 7.11 Å².